The number of halogens is 3. The van der Waals surface area contributed by atoms with Gasteiger partial charge in [-0.25, -0.2) is 9.97 Å². The minimum atomic E-state index is -4.52. The second-order valence-corrected chi connectivity index (χ2v) is 5.06. The van der Waals surface area contributed by atoms with E-state index < -0.39 is 24.4 Å². The van der Waals surface area contributed by atoms with Gasteiger partial charge in [-0.05, 0) is 25.8 Å². The van der Waals surface area contributed by atoms with E-state index in [1.165, 1.54) is 11.8 Å². The van der Waals surface area contributed by atoms with Crippen LogP contribution in [-0.2, 0) is 11.0 Å². The van der Waals surface area contributed by atoms with Gasteiger partial charge in [0.2, 0.25) is 5.91 Å². The number of aryl methyl sites for hydroxylation is 1. The predicted molar refractivity (Wildman–Crippen MR) is 67.4 cm³/mol. The molecule has 2 heterocycles. The summed E-state index contributed by atoms with van der Waals surface area (Å²) in [7, 11) is 0. The van der Waals surface area contributed by atoms with Gasteiger partial charge in [-0.1, -0.05) is 0 Å². The Hall–Kier alpha value is -1.70. The minimum absolute atomic E-state index is 0.0606. The van der Waals surface area contributed by atoms with E-state index >= 15 is 0 Å². The third-order valence-electron chi connectivity index (χ3n) is 3.48. The van der Waals surface area contributed by atoms with Gasteiger partial charge in [-0.15, -0.1) is 0 Å². The van der Waals surface area contributed by atoms with E-state index in [4.69, 9.17) is 5.11 Å². The highest BCUT2D eigenvalue weighted by atomic mass is 19.4. The molecule has 1 atom stereocenters. The van der Waals surface area contributed by atoms with Crippen LogP contribution in [0.25, 0.3) is 0 Å². The molecule has 0 bridgehead atoms. The van der Waals surface area contributed by atoms with Gasteiger partial charge in [0.1, 0.15) is 18.1 Å². The van der Waals surface area contributed by atoms with Gasteiger partial charge in [0.15, 0.2) is 0 Å². The average Bonchev–Trinajstić information content (AvgIpc) is 2.45. The number of carbonyl (C=O) groups is 1. The van der Waals surface area contributed by atoms with E-state index in [0.29, 0.717) is 25.1 Å². The molecule has 0 saturated carbocycles. The van der Waals surface area contributed by atoms with E-state index in [2.05, 4.69) is 9.97 Å². The van der Waals surface area contributed by atoms with Crippen molar-refractivity contribution >= 4 is 5.91 Å². The van der Waals surface area contributed by atoms with Crippen LogP contribution in [0.3, 0.4) is 0 Å². The van der Waals surface area contributed by atoms with Crippen molar-refractivity contribution in [2.75, 3.05) is 19.7 Å². The first kappa shape index (κ1) is 15.7. The third-order valence-corrected chi connectivity index (χ3v) is 3.48. The number of nitrogens with zero attached hydrogens (tertiary/aromatic N) is 3. The van der Waals surface area contributed by atoms with Crippen LogP contribution in [-0.4, -0.2) is 45.6 Å². The fourth-order valence-electron chi connectivity index (χ4n) is 2.49. The van der Waals surface area contributed by atoms with Gasteiger partial charge in [0.25, 0.3) is 0 Å². The molecule has 116 valence electrons. The normalized spacial score (nSPS) is 19.7. The van der Waals surface area contributed by atoms with Crippen LogP contribution in [0.5, 0.6) is 0 Å². The van der Waals surface area contributed by atoms with Crippen LogP contribution >= 0.6 is 0 Å². The Morgan fingerprint density at radius 3 is 2.81 bits per heavy atom. The molecule has 1 aromatic rings. The number of hydrogen-bond donors (Lipinski definition) is 1. The maximum absolute atomic E-state index is 12.8. The molecule has 1 amide bonds. The lowest BCUT2D eigenvalue weighted by Gasteiger charge is -2.32. The average molecular weight is 303 g/mol. The number of amides is 1. The summed E-state index contributed by atoms with van der Waals surface area (Å²) in [5.41, 5.74) is -0.666. The number of aromatic nitrogens is 2. The molecule has 5 nitrogen and oxygen atoms in total. The van der Waals surface area contributed by atoms with Crippen molar-refractivity contribution in [1.82, 2.24) is 14.9 Å². The number of carbonyl (C=O) groups excluding carboxylic acids is 1. The van der Waals surface area contributed by atoms with E-state index in [-0.39, 0.29) is 18.3 Å². The smallest absolute Gasteiger partial charge is 0.387 e. The number of piperidine rings is 1. The monoisotopic (exact) mass is 303 g/mol. The number of aliphatic hydroxyl groups is 1. The number of alkyl halides is 3. The van der Waals surface area contributed by atoms with Crippen LogP contribution < -0.4 is 0 Å². The number of aliphatic hydroxyl groups excluding tert-OH is 1. The Bertz CT molecular complexity index is 534. The summed E-state index contributed by atoms with van der Waals surface area (Å²) in [6, 6.07) is 0.949. The Kier molecular flexibility index (Phi) is 4.46. The molecular weight excluding hydrogens is 287 g/mol. The molecule has 2 rings (SSSR count). The predicted octanol–water partition coefficient (Wildman–Crippen LogP) is 1.50. The summed E-state index contributed by atoms with van der Waals surface area (Å²) in [4.78, 5) is 20.4. The summed E-state index contributed by atoms with van der Waals surface area (Å²) in [6.45, 7) is 1.60. The summed E-state index contributed by atoms with van der Waals surface area (Å²) in [5.74, 6) is -0.621. The topological polar surface area (TPSA) is 66.3 Å². The zero-order chi connectivity index (χ0) is 15.6. The lowest BCUT2D eigenvalue weighted by Crippen LogP contribution is -2.40. The van der Waals surface area contributed by atoms with Gasteiger partial charge < -0.3 is 10.0 Å². The van der Waals surface area contributed by atoms with Crippen molar-refractivity contribution in [3.63, 3.8) is 0 Å². The molecule has 0 aromatic carbocycles. The quantitative estimate of drug-likeness (QED) is 0.899. The lowest BCUT2D eigenvalue weighted by molar-refractivity contribution is -0.141. The zero-order valence-corrected chi connectivity index (χ0v) is 11.5. The summed E-state index contributed by atoms with van der Waals surface area (Å²) in [6.07, 6.45) is -3.19. The molecule has 1 fully saturated rings. The number of likely N-dealkylation sites (tertiary alicyclic amines) is 1. The fourth-order valence-corrected chi connectivity index (χ4v) is 2.49. The van der Waals surface area contributed by atoms with Crippen molar-refractivity contribution in [3.05, 3.63) is 23.3 Å². The largest absolute Gasteiger partial charge is 0.433 e. The van der Waals surface area contributed by atoms with E-state index in [9.17, 15) is 18.0 Å². The minimum Gasteiger partial charge on any atom is -0.387 e. The Labute approximate surface area is 119 Å². The van der Waals surface area contributed by atoms with Crippen molar-refractivity contribution < 1.29 is 23.1 Å². The SMILES string of the molecule is Cc1nc([C@H]2CCCN(C(=O)CO)C2)cc(C(F)(F)F)n1. The van der Waals surface area contributed by atoms with Crippen LogP contribution in [0, 0.1) is 6.92 Å². The molecule has 1 aliphatic heterocycles. The van der Waals surface area contributed by atoms with E-state index in [1.807, 2.05) is 0 Å². The van der Waals surface area contributed by atoms with Crippen molar-refractivity contribution in [2.45, 2.75) is 31.9 Å². The standard InChI is InChI=1S/C13H16F3N3O2/c1-8-17-10(5-11(18-8)13(14,15)16)9-3-2-4-19(6-9)12(21)7-20/h5,9,20H,2-4,6-7H2,1H3/t9-/m0/s1. The molecule has 0 aliphatic carbocycles. The number of rotatable bonds is 2. The molecule has 0 spiro atoms. The maximum atomic E-state index is 12.8. The zero-order valence-electron chi connectivity index (χ0n) is 11.5. The first-order valence-electron chi connectivity index (χ1n) is 6.62. The van der Waals surface area contributed by atoms with E-state index in [0.717, 1.165) is 6.07 Å². The molecule has 0 radical (unpaired) electrons. The summed E-state index contributed by atoms with van der Waals surface area (Å²) in [5, 5.41) is 8.87. The maximum Gasteiger partial charge on any atom is 0.433 e. The van der Waals surface area contributed by atoms with Crippen LogP contribution in [0.2, 0.25) is 0 Å². The molecule has 1 N–H and O–H groups in total. The molecule has 21 heavy (non-hydrogen) atoms. The van der Waals surface area contributed by atoms with Crippen molar-refractivity contribution in [2.24, 2.45) is 0 Å². The highest BCUT2D eigenvalue weighted by Crippen LogP contribution is 2.31. The molecule has 1 saturated heterocycles. The number of hydrogen-bond acceptors (Lipinski definition) is 4. The second-order valence-electron chi connectivity index (χ2n) is 5.06. The van der Waals surface area contributed by atoms with Gasteiger partial charge in [0.05, 0.1) is 0 Å². The van der Waals surface area contributed by atoms with Crippen LogP contribution in [0.4, 0.5) is 13.2 Å². The molecule has 1 aromatic heterocycles. The van der Waals surface area contributed by atoms with Gasteiger partial charge in [0, 0.05) is 24.7 Å². The van der Waals surface area contributed by atoms with Gasteiger partial charge >= 0.3 is 6.18 Å². The second kappa shape index (κ2) is 5.97. The molecule has 1 aliphatic rings. The van der Waals surface area contributed by atoms with Crippen molar-refractivity contribution in [3.8, 4) is 0 Å². The molecular formula is C13H16F3N3O2. The summed E-state index contributed by atoms with van der Waals surface area (Å²) < 4.78 is 38.4. The van der Waals surface area contributed by atoms with Crippen molar-refractivity contribution in [1.29, 1.82) is 0 Å². The molecule has 0 unspecified atom stereocenters. The fraction of sp³-hybridized carbons (Fsp3) is 0.615. The Morgan fingerprint density at radius 1 is 1.48 bits per heavy atom. The van der Waals surface area contributed by atoms with Crippen LogP contribution in [0.15, 0.2) is 6.07 Å². The van der Waals surface area contributed by atoms with Gasteiger partial charge in [-0.3, -0.25) is 4.79 Å². The Balaban J connectivity index is 2.25. The Morgan fingerprint density at radius 2 is 2.19 bits per heavy atom. The highest BCUT2D eigenvalue weighted by Gasteiger charge is 2.34. The highest BCUT2D eigenvalue weighted by molar-refractivity contribution is 5.77. The first-order valence-corrected chi connectivity index (χ1v) is 6.62. The van der Waals surface area contributed by atoms with Gasteiger partial charge in [-0.2, -0.15) is 13.2 Å². The third kappa shape index (κ3) is 3.69. The van der Waals surface area contributed by atoms with E-state index in [1.54, 1.807) is 0 Å². The van der Waals surface area contributed by atoms with Crippen LogP contribution in [0.1, 0.15) is 36.0 Å². The molecule has 8 heteroatoms. The summed E-state index contributed by atoms with van der Waals surface area (Å²) >= 11 is 0. The lowest BCUT2D eigenvalue weighted by atomic mass is 9.94. The first-order chi connectivity index (χ1) is 9.81.